The predicted octanol–water partition coefficient (Wildman–Crippen LogP) is 0.298. The van der Waals surface area contributed by atoms with Gasteiger partial charge in [0.05, 0.1) is 6.54 Å². The Kier molecular flexibility index (Phi) is 10.9. The highest BCUT2D eigenvalue weighted by atomic mass is 32.1. The molecule has 0 aromatic heterocycles. The molecule has 1 aliphatic heterocycles. The fraction of sp³-hybridized carbons (Fsp3) is 0.500. The lowest BCUT2D eigenvalue weighted by Crippen LogP contribution is -2.70. The summed E-state index contributed by atoms with van der Waals surface area (Å²) in [6, 6.07) is 5.95. The number of carbonyl (C=O) groups is 5. The lowest BCUT2D eigenvalue weighted by Gasteiger charge is -2.45. The Morgan fingerprint density at radius 1 is 0.892 bits per heavy atom. The average molecular weight is 538 g/mol. The zero-order valence-electron chi connectivity index (χ0n) is 21.2. The Morgan fingerprint density at radius 2 is 1.49 bits per heavy atom. The van der Waals surface area contributed by atoms with Crippen LogP contribution in [0.25, 0.3) is 0 Å². The van der Waals surface area contributed by atoms with Gasteiger partial charge in [0.1, 0.15) is 18.8 Å². The zero-order valence-corrected chi connectivity index (χ0v) is 22.0. The van der Waals surface area contributed by atoms with E-state index in [9.17, 15) is 24.0 Å². The minimum atomic E-state index is -1.23. The van der Waals surface area contributed by atoms with Gasteiger partial charge in [-0.15, -0.1) is 0 Å². The molecule has 0 unspecified atom stereocenters. The van der Waals surface area contributed by atoms with Crippen LogP contribution in [-0.2, 0) is 38.1 Å². The number of ether oxygens (including phenoxy) is 4. The zero-order chi connectivity index (χ0) is 27.7. The normalized spacial score (nSPS) is 22.7. The van der Waals surface area contributed by atoms with Gasteiger partial charge in [-0.05, 0) is 19.1 Å². The molecule has 1 heterocycles. The van der Waals surface area contributed by atoms with E-state index in [0.717, 1.165) is 19.4 Å². The lowest BCUT2D eigenvalue weighted by molar-refractivity contribution is -0.225. The molecule has 1 aromatic rings. The minimum Gasteiger partial charge on any atom is -0.463 e. The van der Waals surface area contributed by atoms with Crippen LogP contribution < -0.4 is 16.0 Å². The molecule has 1 fully saturated rings. The molecule has 37 heavy (non-hydrogen) atoms. The fourth-order valence-electron chi connectivity index (χ4n) is 3.64. The summed E-state index contributed by atoms with van der Waals surface area (Å²) in [6.45, 7) is 6.16. The number of ketones is 1. The molecule has 1 aliphatic rings. The number of hydrogen-bond donors (Lipinski definition) is 3. The summed E-state index contributed by atoms with van der Waals surface area (Å²) in [5.41, 5.74) is 1.50. The van der Waals surface area contributed by atoms with Gasteiger partial charge in [0.15, 0.2) is 29.3 Å². The second-order valence-corrected chi connectivity index (χ2v) is 8.80. The van der Waals surface area contributed by atoms with Crippen molar-refractivity contribution in [3.8, 4) is 0 Å². The van der Waals surface area contributed by atoms with E-state index in [2.05, 4.69) is 16.0 Å². The average Bonchev–Trinajstić information content (AvgIpc) is 2.79. The van der Waals surface area contributed by atoms with Gasteiger partial charge in [-0.2, -0.15) is 0 Å². The van der Waals surface area contributed by atoms with Crippen molar-refractivity contribution in [2.75, 3.05) is 13.2 Å². The summed E-state index contributed by atoms with van der Waals surface area (Å²) in [5, 5.41) is 8.24. The van der Waals surface area contributed by atoms with Crippen LogP contribution in [0.3, 0.4) is 0 Å². The van der Waals surface area contributed by atoms with E-state index in [0.29, 0.717) is 5.56 Å². The minimum absolute atomic E-state index is 0.000406. The lowest BCUT2D eigenvalue weighted by atomic mass is 9.95. The summed E-state index contributed by atoms with van der Waals surface area (Å²) in [4.78, 5) is 59.6. The van der Waals surface area contributed by atoms with Crippen LogP contribution in [0, 0.1) is 6.92 Å². The highest BCUT2D eigenvalue weighted by Crippen LogP contribution is 2.26. The summed E-state index contributed by atoms with van der Waals surface area (Å²) >= 11 is 5.32. The molecular weight excluding hydrogens is 506 g/mol. The fourth-order valence-corrected chi connectivity index (χ4v) is 3.83. The van der Waals surface area contributed by atoms with Crippen LogP contribution >= 0.6 is 12.2 Å². The Labute approximate surface area is 219 Å². The second kappa shape index (κ2) is 13.7. The van der Waals surface area contributed by atoms with Gasteiger partial charge in [-0.1, -0.05) is 29.8 Å². The molecule has 5 atom stereocenters. The van der Waals surface area contributed by atoms with Gasteiger partial charge in [-0.3, -0.25) is 24.0 Å². The summed E-state index contributed by atoms with van der Waals surface area (Å²) < 4.78 is 21.8. The Morgan fingerprint density at radius 3 is 2.03 bits per heavy atom. The van der Waals surface area contributed by atoms with Crippen LogP contribution in [0.2, 0.25) is 0 Å². The van der Waals surface area contributed by atoms with E-state index >= 15 is 0 Å². The van der Waals surface area contributed by atoms with Crippen molar-refractivity contribution in [1.82, 2.24) is 16.0 Å². The van der Waals surface area contributed by atoms with Crippen LogP contribution in [-0.4, -0.2) is 78.4 Å². The van der Waals surface area contributed by atoms with Crippen molar-refractivity contribution >= 4 is 46.9 Å². The number of hydrogen-bond acceptors (Lipinski definition) is 10. The molecule has 202 valence electrons. The van der Waals surface area contributed by atoms with Crippen molar-refractivity contribution in [3.05, 3.63) is 35.4 Å². The molecule has 0 aliphatic carbocycles. The van der Waals surface area contributed by atoms with Gasteiger partial charge in [0, 0.05) is 33.3 Å². The van der Waals surface area contributed by atoms with Crippen LogP contribution in [0.4, 0.5) is 0 Å². The maximum atomic E-state index is 12.5. The number of aryl methyl sites for hydroxylation is 1. The predicted molar refractivity (Wildman–Crippen MR) is 133 cm³/mol. The first kappa shape index (κ1) is 29.6. The van der Waals surface area contributed by atoms with Crippen molar-refractivity contribution in [3.63, 3.8) is 0 Å². The number of carbonyl (C=O) groups excluding carboxylic acids is 5. The highest BCUT2D eigenvalue weighted by Gasteiger charge is 2.51. The molecule has 1 aromatic carbocycles. The van der Waals surface area contributed by atoms with E-state index in [4.69, 9.17) is 31.2 Å². The summed E-state index contributed by atoms with van der Waals surface area (Å²) in [5.74, 6) is -2.75. The Bertz CT molecular complexity index is 1030. The van der Waals surface area contributed by atoms with Crippen LogP contribution in [0.15, 0.2) is 24.3 Å². The topological polar surface area (TPSA) is 158 Å². The molecular formula is C24H31N3O9S. The number of Topliss-reactive ketones (excluding diaryl/α,β-unsaturated/α-hetero) is 1. The molecule has 0 radical (unpaired) electrons. The third kappa shape index (κ3) is 9.42. The number of amides is 1. The maximum Gasteiger partial charge on any atom is 0.303 e. The van der Waals surface area contributed by atoms with E-state index in [1.807, 2.05) is 19.1 Å². The highest BCUT2D eigenvalue weighted by molar-refractivity contribution is 7.80. The molecule has 12 nitrogen and oxygen atoms in total. The molecule has 1 saturated heterocycles. The first-order chi connectivity index (χ1) is 17.4. The molecule has 1 amide bonds. The molecule has 3 N–H and O–H groups in total. The third-order valence-corrected chi connectivity index (χ3v) is 5.44. The molecule has 0 spiro atoms. The van der Waals surface area contributed by atoms with Gasteiger partial charge in [-0.25, -0.2) is 0 Å². The Hall–Kier alpha value is -3.58. The van der Waals surface area contributed by atoms with Gasteiger partial charge in [0.25, 0.3) is 0 Å². The van der Waals surface area contributed by atoms with Gasteiger partial charge < -0.3 is 34.9 Å². The standard InChI is InChI=1S/C24H31N3O9S/c1-12-6-8-17(9-7-12)18(32)10-25-24(37)27-23-20(26-13(2)28)22(35-16(5)31)21(34-15(4)30)19(36-23)11-33-14(3)29/h6-9,19-23H,10-11H2,1-5H3,(H,26,28)(H2,25,27,37)/t19-,20-,21-,22-,23-/m1/s1. The first-order valence-electron chi connectivity index (χ1n) is 11.4. The van der Waals surface area contributed by atoms with E-state index < -0.39 is 54.4 Å². The van der Waals surface area contributed by atoms with E-state index in [-0.39, 0.29) is 24.0 Å². The van der Waals surface area contributed by atoms with Gasteiger partial charge in [0.2, 0.25) is 5.91 Å². The monoisotopic (exact) mass is 537 g/mol. The number of benzene rings is 1. The number of rotatable bonds is 9. The molecule has 13 heteroatoms. The van der Waals surface area contributed by atoms with Crippen LogP contribution in [0.1, 0.15) is 43.6 Å². The number of nitrogens with one attached hydrogen (secondary N) is 3. The smallest absolute Gasteiger partial charge is 0.303 e. The Balaban J connectivity index is 2.25. The third-order valence-electron chi connectivity index (χ3n) is 5.17. The summed E-state index contributed by atoms with van der Waals surface area (Å²) in [7, 11) is 0. The van der Waals surface area contributed by atoms with Crippen molar-refractivity contribution in [2.24, 2.45) is 0 Å². The van der Waals surface area contributed by atoms with Crippen molar-refractivity contribution < 1.29 is 42.9 Å². The van der Waals surface area contributed by atoms with Crippen molar-refractivity contribution in [2.45, 2.75) is 65.2 Å². The molecule has 0 bridgehead atoms. The molecule has 0 saturated carbocycles. The first-order valence-corrected chi connectivity index (χ1v) is 11.8. The van der Waals surface area contributed by atoms with Gasteiger partial charge >= 0.3 is 17.9 Å². The van der Waals surface area contributed by atoms with E-state index in [1.165, 1.54) is 13.8 Å². The SMILES string of the molecule is CC(=O)N[C@@H]1[C@@H](OC(C)=O)[C@H](OC(C)=O)[C@@H](COC(C)=O)O[C@H]1NC(=S)NCC(=O)c1ccc(C)cc1. The molecule has 2 rings (SSSR count). The maximum absolute atomic E-state index is 12.5. The number of esters is 3. The number of thiocarbonyl (C=S) groups is 1. The van der Waals surface area contributed by atoms with Crippen molar-refractivity contribution in [1.29, 1.82) is 0 Å². The second-order valence-electron chi connectivity index (χ2n) is 8.39. The van der Waals surface area contributed by atoms with Crippen LogP contribution in [0.5, 0.6) is 0 Å². The quantitative estimate of drug-likeness (QED) is 0.171. The largest absolute Gasteiger partial charge is 0.463 e. The summed E-state index contributed by atoms with van der Waals surface area (Å²) in [6.07, 6.45) is -4.67. The van der Waals surface area contributed by atoms with E-state index in [1.54, 1.807) is 12.1 Å².